The summed E-state index contributed by atoms with van der Waals surface area (Å²) in [5, 5.41) is 2.80. The number of nitrogens with one attached hydrogen (secondary N) is 1. The molecule has 1 aliphatic rings. The number of hydrogen-bond acceptors (Lipinski definition) is 5. The lowest BCUT2D eigenvalue weighted by atomic mass is 10.1. The van der Waals surface area contributed by atoms with Gasteiger partial charge >= 0.3 is 5.97 Å². The number of ether oxygens (including phenoxy) is 3. The minimum absolute atomic E-state index is 0.203. The Morgan fingerprint density at radius 1 is 1.16 bits per heavy atom. The fraction of sp³-hybridized carbons (Fsp3) is 0.263. The quantitative estimate of drug-likeness (QED) is 0.847. The Morgan fingerprint density at radius 2 is 1.92 bits per heavy atom. The Balaban J connectivity index is 1.54. The van der Waals surface area contributed by atoms with Crippen LogP contribution >= 0.6 is 0 Å². The zero-order valence-electron chi connectivity index (χ0n) is 14.1. The van der Waals surface area contributed by atoms with Crippen LogP contribution in [0.4, 0.5) is 0 Å². The van der Waals surface area contributed by atoms with Gasteiger partial charge in [-0.2, -0.15) is 0 Å². The second-order valence-electron chi connectivity index (χ2n) is 5.79. The summed E-state index contributed by atoms with van der Waals surface area (Å²) in [6.45, 7) is 3.54. The highest BCUT2D eigenvalue weighted by atomic mass is 16.7. The first kappa shape index (κ1) is 16.8. The number of carbonyl (C=O) groups is 2. The van der Waals surface area contributed by atoms with E-state index in [1.165, 1.54) is 0 Å². The normalized spacial score (nSPS) is 13.2. The maximum absolute atomic E-state index is 12.0. The summed E-state index contributed by atoms with van der Waals surface area (Å²) in [6.07, 6.45) is 0. The van der Waals surface area contributed by atoms with Crippen molar-refractivity contribution in [3.8, 4) is 11.5 Å². The van der Waals surface area contributed by atoms with Crippen LogP contribution in [0, 0.1) is 6.92 Å². The van der Waals surface area contributed by atoms with Crippen molar-refractivity contribution in [3.63, 3.8) is 0 Å². The lowest BCUT2D eigenvalue weighted by Crippen LogP contribution is -2.31. The van der Waals surface area contributed by atoms with Gasteiger partial charge in [-0.05, 0) is 43.2 Å². The van der Waals surface area contributed by atoms with Gasteiger partial charge < -0.3 is 19.5 Å². The van der Waals surface area contributed by atoms with E-state index in [0.717, 1.165) is 11.1 Å². The first-order valence-electron chi connectivity index (χ1n) is 7.96. The lowest BCUT2D eigenvalue weighted by molar-refractivity contribution is -0.124. The van der Waals surface area contributed by atoms with Gasteiger partial charge in [-0.25, -0.2) is 4.79 Å². The lowest BCUT2D eigenvalue weighted by Gasteiger charge is -2.15. The van der Waals surface area contributed by atoms with Crippen LogP contribution in [0.1, 0.15) is 34.5 Å². The van der Waals surface area contributed by atoms with Crippen molar-refractivity contribution < 1.29 is 23.8 Å². The summed E-state index contributed by atoms with van der Waals surface area (Å²) in [5.74, 6) is 0.468. The predicted molar refractivity (Wildman–Crippen MR) is 90.6 cm³/mol. The minimum Gasteiger partial charge on any atom is -0.454 e. The first-order chi connectivity index (χ1) is 12.0. The largest absolute Gasteiger partial charge is 0.454 e. The van der Waals surface area contributed by atoms with E-state index >= 15 is 0 Å². The molecule has 2 aromatic carbocycles. The fourth-order valence-electron chi connectivity index (χ4n) is 2.56. The van der Waals surface area contributed by atoms with E-state index in [9.17, 15) is 9.59 Å². The predicted octanol–water partition coefficient (Wildman–Crippen LogP) is 2.76. The second kappa shape index (κ2) is 7.25. The van der Waals surface area contributed by atoms with Crippen molar-refractivity contribution in [1.29, 1.82) is 0 Å². The van der Waals surface area contributed by atoms with Crippen LogP contribution in [-0.4, -0.2) is 25.3 Å². The van der Waals surface area contributed by atoms with Crippen LogP contribution < -0.4 is 14.8 Å². The number of aryl methyl sites for hydroxylation is 1. The molecule has 0 saturated carbocycles. The number of amides is 1. The molecule has 130 valence electrons. The standard InChI is InChI=1S/C19H19NO5/c1-12-5-3-4-6-15(12)19(22)23-10-18(21)20-13(2)14-7-8-16-17(9-14)25-11-24-16/h3-9,13H,10-11H2,1-2H3,(H,20,21)/t13-/m0/s1. The van der Waals surface area contributed by atoms with Gasteiger partial charge in [-0.3, -0.25) is 4.79 Å². The Hall–Kier alpha value is -3.02. The van der Waals surface area contributed by atoms with Crippen LogP contribution in [0.2, 0.25) is 0 Å². The first-order valence-corrected chi connectivity index (χ1v) is 7.96. The van der Waals surface area contributed by atoms with Gasteiger partial charge in [0.25, 0.3) is 5.91 Å². The molecule has 1 heterocycles. The Bertz CT molecular complexity index is 802. The molecule has 1 amide bonds. The third kappa shape index (κ3) is 3.91. The van der Waals surface area contributed by atoms with Crippen LogP contribution in [0.25, 0.3) is 0 Å². The molecule has 0 aliphatic carbocycles. The van der Waals surface area contributed by atoms with Crippen LogP contribution in [0.3, 0.4) is 0 Å². The number of hydrogen-bond donors (Lipinski definition) is 1. The van der Waals surface area contributed by atoms with Crippen molar-refractivity contribution >= 4 is 11.9 Å². The van der Waals surface area contributed by atoms with Gasteiger partial charge in [0.05, 0.1) is 11.6 Å². The number of esters is 1. The molecule has 0 aromatic heterocycles. The van der Waals surface area contributed by atoms with Crippen LogP contribution in [0.5, 0.6) is 11.5 Å². The van der Waals surface area contributed by atoms with E-state index in [2.05, 4.69) is 5.32 Å². The number of fused-ring (bicyclic) bond motifs is 1. The van der Waals surface area contributed by atoms with Crippen LogP contribution in [-0.2, 0) is 9.53 Å². The van der Waals surface area contributed by atoms with E-state index in [-0.39, 0.29) is 25.3 Å². The Labute approximate surface area is 145 Å². The summed E-state index contributed by atoms with van der Waals surface area (Å²) in [7, 11) is 0. The smallest absolute Gasteiger partial charge is 0.338 e. The molecular formula is C19H19NO5. The zero-order valence-corrected chi connectivity index (χ0v) is 14.1. The molecule has 6 heteroatoms. The van der Waals surface area contributed by atoms with E-state index in [0.29, 0.717) is 17.1 Å². The highest BCUT2D eigenvalue weighted by Gasteiger charge is 2.18. The van der Waals surface area contributed by atoms with Gasteiger partial charge in [-0.1, -0.05) is 24.3 Å². The highest BCUT2D eigenvalue weighted by Crippen LogP contribution is 2.34. The molecule has 1 aliphatic heterocycles. The number of benzene rings is 2. The van der Waals surface area contributed by atoms with Crippen molar-refractivity contribution in [2.24, 2.45) is 0 Å². The second-order valence-corrected chi connectivity index (χ2v) is 5.79. The van der Waals surface area contributed by atoms with Gasteiger partial charge in [0.2, 0.25) is 6.79 Å². The summed E-state index contributed by atoms with van der Waals surface area (Å²) >= 11 is 0. The molecule has 0 unspecified atom stereocenters. The highest BCUT2D eigenvalue weighted by molar-refractivity contribution is 5.92. The molecule has 2 aromatic rings. The van der Waals surface area contributed by atoms with Crippen molar-refractivity contribution in [2.75, 3.05) is 13.4 Å². The molecule has 3 rings (SSSR count). The van der Waals surface area contributed by atoms with Crippen LogP contribution in [0.15, 0.2) is 42.5 Å². The van der Waals surface area contributed by atoms with Gasteiger partial charge in [0, 0.05) is 0 Å². The molecule has 1 atom stereocenters. The monoisotopic (exact) mass is 341 g/mol. The Kier molecular flexibility index (Phi) is 4.88. The topological polar surface area (TPSA) is 73.9 Å². The summed E-state index contributed by atoms with van der Waals surface area (Å²) in [4.78, 5) is 24.1. The van der Waals surface area contributed by atoms with Gasteiger partial charge in [0.1, 0.15) is 0 Å². The van der Waals surface area contributed by atoms with E-state index in [1.54, 1.807) is 18.2 Å². The third-order valence-electron chi connectivity index (χ3n) is 3.97. The van der Waals surface area contributed by atoms with Crippen molar-refractivity contribution in [2.45, 2.75) is 19.9 Å². The molecule has 6 nitrogen and oxygen atoms in total. The van der Waals surface area contributed by atoms with Crippen molar-refractivity contribution in [3.05, 3.63) is 59.2 Å². The SMILES string of the molecule is Cc1ccccc1C(=O)OCC(=O)N[C@@H](C)c1ccc2c(c1)OCO2. The molecule has 0 saturated heterocycles. The molecule has 0 bridgehead atoms. The number of carbonyl (C=O) groups excluding carboxylic acids is 2. The summed E-state index contributed by atoms with van der Waals surface area (Å²) < 4.78 is 15.7. The molecular weight excluding hydrogens is 322 g/mol. The van der Waals surface area contributed by atoms with Gasteiger partial charge in [0.15, 0.2) is 18.1 Å². The summed E-state index contributed by atoms with van der Waals surface area (Å²) in [5.41, 5.74) is 2.14. The zero-order chi connectivity index (χ0) is 17.8. The Morgan fingerprint density at radius 3 is 2.72 bits per heavy atom. The summed E-state index contributed by atoms with van der Waals surface area (Å²) in [6, 6.07) is 12.3. The van der Waals surface area contributed by atoms with Crippen molar-refractivity contribution in [1.82, 2.24) is 5.32 Å². The average molecular weight is 341 g/mol. The molecule has 25 heavy (non-hydrogen) atoms. The molecule has 1 N–H and O–H groups in total. The molecule has 0 spiro atoms. The minimum atomic E-state index is -0.510. The maximum Gasteiger partial charge on any atom is 0.338 e. The fourth-order valence-corrected chi connectivity index (χ4v) is 2.56. The molecule has 0 fully saturated rings. The van der Waals surface area contributed by atoms with Gasteiger partial charge in [-0.15, -0.1) is 0 Å². The molecule has 0 radical (unpaired) electrons. The van der Waals surface area contributed by atoms with E-state index in [1.807, 2.05) is 38.1 Å². The third-order valence-corrected chi connectivity index (χ3v) is 3.97. The van der Waals surface area contributed by atoms with E-state index < -0.39 is 5.97 Å². The average Bonchev–Trinajstić information content (AvgIpc) is 3.07. The van der Waals surface area contributed by atoms with E-state index in [4.69, 9.17) is 14.2 Å². The maximum atomic E-state index is 12.0. The number of rotatable bonds is 5.